The zero-order valence-electron chi connectivity index (χ0n) is 16.7. The summed E-state index contributed by atoms with van der Waals surface area (Å²) in [7, 11) is 1.26. The maximum atomic E-state index is 13.0. The molecule has 0 aliphatic heterocycles. The highest BCUT2D eigenvalue weighted by molar-refractivity contribution is 5.90. The minimum atomic E-state index is -0.879. The third kappa shape index (κ3) is 7.15. The highest BCUT2D eigenvalue weighted by Crippen LogP contribution is 2.25. The van der Waals surface area contributed by atoms with Crippen LogP contribution in [0, 0.1) is 17.8 Å². The second-order valence-corrected chi connectivity index (χ2v) is 7.12. The van der Waals surface area contributed by atoms with E-state index in [1.54, 1.807) is 5.48 Å². The van der Waals surface area contributed by atoms with E-state index >= 15 is 0 Å². The van der Waals surface area contributed by atoms with Crippen LogP contribution < -0.4 is 10.8 Å². The Morgan fingerprint density at radius 2 is 1.79 bits per heavy atom. The van der Waals surface area contributed by atoms with E-state index < -0.39 is 35.7 Å². The van der Waals surface area contributed by atoms with Gasteiger partial charge in [-0.3, -0.25) is 14.8 Å². The van der Waals surface area contributed by atoms with Crippen molar-refractivity contribution in [3.8, 4) is 0 Å². The number of rotatable bonds is 11. The van der Waals surface area contributed by atoms with E-state index in [-0.39, 0.29) is 18.8 Å². The van der Waals surface area contributed by atoms with Crippen molar-refractivity contribution < 1.29 is 24.3 Å². The smallest absolute Gasteiger partial charge is 0.328 e. The van der Waals surface area contributed by atoms with Crippen LogP contribution in [-0.4, -0.2) is 36.1 Å². The van der Waals surface area contributed by atoms with Crippen LogP contribution in [0.25, 0.3) is 0 Å². The number of ether oxygens (including phenoxy) is 1. The van der Waals surface area contributed by atoms with E-state index in [0.29, 0.717) is 6.42 Å². The van der Waals surface area contributed by atoms with Crippen LogP contribution in [0.15, 0.2) is 43.0 Å². The van der Waals surface area contributed by atoms with Crippen LogP contribution in [-0.2, 0) is 25.5 Å². The Morgan fingerprint density at radius 1 is 1.14 bits per heavy atom. The molecule has 0 saturated heterocycles. The number of hydrogen-bond donors (Lipinski definition) is 3. The van der Waals surface area contributed by atoms with Gasteiger partial charge in [-0.1, -0.05) is 50.3 Å². The molecule has 1 unspecified atom stereocenters. The zero-order valence-corrected chi connectivity index (χ0v) is 16.7. The lowest BCUT2D eigenvalue weighted by Crippen LogP contribution is -2.49. The number of benzene rings is 1. The summed E-state index contributed by atoms with van der Waals surface area (Å²) in [5.74, 6) is -3.05. The molecule has 2 amide bonds. The lowest BCUT2D eigenvalue weighted by molar-refractivity contribution is -0.147. The Kier molecular flexibility index (Phi) is 9.95. The van der Waals surface area contributed by atoms with Gasteiger partial charge >= 0.3 is 5.97 Å². The normalized spacial score (nSPS) is 13.9. The van der Waals surface area contributed by atoms with E-state index in [2.05, 4.69) is 11.9 Å². The van der Waals surface area contributed by atoms with Crippen molar-refractivity contribution >= 4 is 17.8 Å². The fourth-order valence-corrected chi connectivity index (χ4v) is 3.14. The van der Waals surface area contributed by atoms with Crippen LogP contribution in [0.3, 0.4) is 0 Å². The van der Waals surface area contributed by atoms with Crippen molar-refractivity contribution in [2.75, 3.05) is 7.11 Å². The predicted octanol–water partition coefficient (Wildman–Crippen LogP) is 2.25. The first-order valence-electron chi connectivity index (χ1n) is 9.30. The molecule has 0 fully saturated rings. The molecular weight excluding hydrogens is 360 g/mol. The summed E-state index contributed by atoms with van der Waals surface area (Å²) in [6, 6.07) is 8.38. The van der Waals surface area contributed by atoms with Crippen molar-refractivity contribution in [3.05, 3.63) is 48.6 Å². The van der Waals surface area contributed by atoms with Gasteiger partial charge in [-0.05, 0) is 24.3 Å². The highest BCUT2D eigenvalue weighted by atomic mass is 16.5. The van der Waals surface area contributed by atoms with Gasteiger partial charge in [0.2, 0.25) is 11.8 Å². The molecule has 0 aliphatic rings. The van der Waals surface area contributed by atoms with Gasteiger partial charge < -0.3 is 10.1 Å². The average Bonchev–Trinajstić information content (AvgIpc) is 2.69. The molecule has 1 rings (SSSR count). The Morgan fingerprint density at radius 3 is 2.29 bits per heavy atom. The summed E-state index contributed by atoms with van der Waals surface area (Å²) in [5, 5.41) is 11.8. The number of allylic oxidation sites excluding steroid dienone is 1. The van der Waals surface area contributed by atoms with E-state index in [1.807, 2.05) is 44.2 Å². The van der Waals surface area contributed by atoms with Gasteiger partial charge in [-0.2, -0.15) is 0 Å². The fraction of sp³-hybridized carbons (Fsp3) is 0.476. The predicted molar refractivity (Wildman–Crippen MR) is 105 cm³/mol. The molecule has 3 atom stereocenters. The van der Waals surface area contributed by atoms with Crippen molar-refractivity contribution in [1.82, 2.24) is 10.8 Å². The average molecular weight is 390 g/mol. The number of carbonyl (C=O) groups is 3. The van der Waals surface area contributed by atoms with Gasteiger partial charge in [0, 0.05) is 6.42 Å². The quantitative estimate of drug-likeness (QED) is 0.233. The Labute approximate surface area is 166 Å². The molecule has 1 aromatic carbocycles. The number of esters is 1. The molecule has 0 saturated carbocycles. The molecule has 0 heterocycles. The fourth-order valence-electron chi connectivity index (χ4n) is 3.14. The minimum absolute atomic E-state index is 0.125. The Balaban J connectivity index is 3.07. The molecular formula is C21H30N2O5. The van der Waals surface area contributed by atoms with Gasteiger partial charge in [-0.25, -0.2) is 10.3 Å². The SMILES string of the molecule is C=CC[C@H](C(=O)NO)[C@@H](CC(C)C)C(=O)NC(Cc1ccccc1)C(=O)OC. The highest BCUT2D eigenvalue weighted by Gasteiger charge is 2.35. The third-order valence-corrected chi connectivity index (χ3v) is 4.50. The molecule has 0 radical (unpaired) electrons. The largest absolute Gasteiger partial charge is 0.467 e. The molecule has 0 aromatic heterocycles. The summed E-state index contributed by atoms with van der Waals surface area (Å²) < 4.78 is 4.83. The van der Waals surface area contributed by atoms with Gasteiger partial charge in [0.25, 0.3) is 0 Å². The van der Waals surface area contributed by atoms with Gasteiger partial charge in [-0.15, -0.1) is 6.58 Å². The lowest BCUT2D eigenvalue weighted by Gasteiger charge is -2.27. The standard InChI is InChI=1S/C21H30N2O5/c1-5-9-16(20(25)23-27)17(12-14(2)3)19(24)22-18(21(26)28-4)13-15-10-7-6-8-11-15/h5-8,10-11,14,16-18,27H,1,9,12-13H2,2-4H3,(H,22,24)(H,23,25)/t16-,17+,18?/m0/s1. The number of carbonyl (C=O) groups excluding carboxylic acids is 3. The van der Waals surface area contributed by atoms with Gasteiger partial charge in [0.1, 0.15) is 6.04 Å². The third-order valence-electron chi connectivity index (χ3n) is 4.50. The van der Waals surface area contributed by atoms with Gasteiger partial charge in [0.15, 0.2) is 0 Å². The van der Waals surface area contributed by atoms with E-state index in [9.17, 15) is 14.4 Å². The van der Waals surface area contributed by atoms with E-state index in [4.69, 9.17) is 9.94 Å². The van der Waals surface area contributed by atoms with Crippen molar-refractivity contribution in [2.45, 2.75) is 39.2 Å². The van der Waals surface area contributed by atoms with Gasteiger partial charge in [0.05, 0.1) is 18.9 Å². The Hall–Kier alpha value is -2.67. The summed E-state index contributed by atoms with van der Waals surface area (Å²) in [5.41, 5.74) is 2.50. The summed E-state index contributed by atoms with van der Waals surface area (Å²) in [6.45, 7) is 7.50. The number of amides is 2. The first kappa shape index (κ1) is 23.4. The van der Waals surface area contributed by atoms with Crippen LogP contribution in [0.1, 0.15) is 32.3 Å². The molecule has 0 bridgehead atoms. The monoisotopic (exact) mass is 390 g/mol. The molecule has 7 heteroatoms. The number of methoxy groups -OCH3 is 1. The molecule has 0 spiro atoms. The van der Waals surface area contributed by atoms with Crippen LogP contribution in [0.4, 0.5) is 0 Å². The minimum Gasteiger partial charge on any atom is -0.467 e. The second kappa shape index (κ2) is 11.9. The first-order valence-corrected chi connectivity index (χ1v) is 9.30. The lowest BCUT2D eigenvalue weighted by atomic mass is 9.82. The summed E-state index contributed by atoms with van der Waals surface area (Å²) in [4.78, 5) is 37.3. The molecule has 7 nitrogen and oxygen atoms in total. The molecule has 3 N–H and O–H groups in total. The van der Waals surface area contributed by atoms with E-state index in [0.717, 1.165) is 5.56 Å². The molecule has 28 heavy (non-hydrogen) atoms. The summed E-state index contributed by atoms with van der Waals surface area (Å²) in [6.07, 6.45) is 2.43. The van der Waals surface area contributed by atoms with Crippen LogP contribution >= 0.6 is 0 Å². The summed E-state index contributed by atoms with van der Waals surface area (Å²) >= 11 is 0. The van der Waals surface area contributed by atoms with Crippen molar-refractivity contribution in [2.24, 2.45) is 17.8 Å². The Bertz CT molecular complexity index is 660. The number of hydroxylamine groups is 1. The molecule has 1 aromatic rings. The van der Waals surface area contributed by atoms with E-state index in [1.165, 1.54) is 13.2 Å². The second-order valence-electron chi connectivity index (χ2n) is 7.12. The maximum Gasteiger partial charge on any atom is 0.328 e. The van der Waals surface area contributed by atoms with Crippen molar-refractivity contribution in [1.29, 1.82) is 0 Å². The zero-order chi connectivity index (χ0) is 21.1. The van der Waals surface area contributed by atoms with Crippen LogP contribution in [0.2, 0.25) is 0 Å². The maximum absolute atomic E-state index is 13.0. The van der Waals surface area contributed by atoms with Crippen LogP contribution in [0.5, 0.6) is 0 Å². The first-order chi connectivity index (χ1) is 13.3. The molecule has 0 aliphatic carbocycles. The number of hydrogen-bond acceptors (Lipinski definition) is 5. The molecule has 154 valence electrons. The topological polar surface area (TPSA) is 105 Å². The number of nitrogens with one attached hydrogen (secondary N) is 2. The van der Waals surface area contributed by atoms with Crippen molar-refractivity contribution in [3.63, 3.8) is 0 Å².